The largest absolute Gasteiger partial charge is 0.327 e. The molecule has 0 saturated heterocycles. The molecular weight excluding hydrogens is 194 g/mol. The average molecular weight is 215 g/mol. The van der Waals surface area contributed by atoms with Crippen molar-refractivity contribution in [3.8, 4) is 0 Å². The summed E-state index contributed by atoms with van der Waals surface area (Å²) in [5, 5.41) is 0. The summed E-state index contributed by atoms with van der Waals surface area (Å²) in [5.74, 6) is 0.829. The van der Waals surface area contributed by atoms with Gasteiger partial charge in [0.15, 0.2) is 0 Å². The van der Waals surface area contributed by atoms with Gasteiger partial charge in [-0.25, -0.2) is 0 Å². The first-order chi connectivity index (χ1) is 7.62. The summed E-state index contributed by atoms with van der Waals surface area (Å²) in [6.07, 6.45) is 5.08. The van der Waals surface area contributed by atoms with Crippen molar-refractivity contribution < 1.29 is 0 Å². The molecule has 2 unspecified atom stereocenters. The molecule has 16 heavy (non-hydrogen) atoms. The lowest BCUT2D eigenvalue weighted by Crippen LogP contribution is -2.31. The van der Waals surface area contributed by atoms with Gasteiger partial charge in [-0.2, -0.15) is 0 Å². The Bertz CT molecular complexity index is 415. The van der Waals surface area contributed by atoms with Crippen LogP contribution in [0.4, 0.5) is 0 Å². The fraction of sp³-hybridized carbons (Fsp3) is 0.600. The van der Waals surface area contributed by atoms with E-state index in [4.69, 9.17) is 5.73 Å². The van der Waals surface area contributed by atoms with Gasteiger partial charge in [-0.3, -0.25) is 0 Å². The van der Waals surface area contributed by atoms with Crippen molar-refractivity contribution in [2.45, 2.75) is 51.0 Å². The van der Waals surface area contributed by atoms with Crippen molar-refractivity contribution in [1.29, 1.82) is 0 Å². The minimum absolute atomic E-state index is 0.296. The molecule has 0 amide bonds. The second-order valence-corrected chi connectivity index (χ2v) is 5.94. The highest BCUT2D eigenvalue weighted by atomic mass is 14.7. The van der Waals surface area contributed by atoms with Crippen LogP contribution in [0.5, 0.6) is 0 Å². The number of fused-ring (bicyclic) bond motifs is 1. The lowest BCUT2D eigenvalue weighted by molar-refractivity contribution is 0.556. The first kappa shape index (κ1) is 10.3. The van der Waals surface area contributed by atoms with Crippen LogP contribution in [0.3, 0.4) is 0 Å². The minimum Gasteiger partial charge on any atom is -0.327 e. The maximum atomic E-state index is 6.14. The van der Waals surface area contributed by atoms with Crippen LogP contribution in [0.25, 0.3) is 0 Å². The van der Waals surface area contributed by atoms with E-state index in [-0.39, 0.29) is 0 Å². The topological polar surface area (TPSA) is 26.0 Å². The van der Waals surface area contributed by atoms with Crippen molar-refractivity contribution in [1.82, 2.24) is 0 Å². The quantitative estimate of drug-likeness (QED) is 0.806. The third-order valence-corrected chi connectivity index (χ3v) is 4.58. The van der Waals surface area contributed by atoms with Crippen molar-refractivity contribution in [2.24, 2.45) is 11.7 Å². The molecule has 1 aromatic rings. The molecule has 3 rings (SSSR count). The fourth-order valence-electron chi connectivity index (χ4n) is 3.29. The number of hydrogen-bond donors (Lipinski definition) is 1. The monoisotopic (exact) mass is 215 g/mol. The number of rotatable bonds is 2. The maximum absolute atomic E-state index is 6.14. The number of hydrogen-bond acceptors (Lipinski definition) is 1. The number of benzene rings is 1. The summed E-state index contributed by atoms with van der Waals surface area (Å²) in [5.41, 5.74) is 11.1. The zero-order chi connectivity index (χ0) is 11.3. The lowest BCUT2D eigenvalue weighted by Gasteiger charge is -2.21. The van der Waals surface area contributed by atoms with Crippen LogP contribution < -0.4 is 5.73 Å². The Morgan fingerprint density at radius 1 is 1.25 bits per heavy atom. The molecule has 0 aliphatic heterocycles. The van der Waals surface area contributed by atoms with Gasteiger partial charge >= 0.3 is 0 Å². The highest BCUT2D eigenvalue weighted by molar-refractivity contribution is 5.42. The van der Waals surface area contributed by atoms with E-state index < -0.39 is 0 Å². The molecule has 1 fully saturated rings. The standard InChI is InChI=1S/C15H21N/c1-10-7-12-3-4-14(9-13(12)8-10)15(5-6-15)11(2)16/h3-4,9-11H,5-8,16H2,1-2H3. The summed E-state index contributed by atoms with van der Waals surface area (Å²) in [6.45, 7) is 4.50. The van der Waals surface area contributed by atoms with Crippen LogP contribution in [0.1, 0.15) is 43.4 Å². The predicted octanol–water partition coefficient (Wildman–Crippen LogP) is 2.80. The van der Waals surface area contributed by atoms with Crippen molar-refractivity contribution >= 4 is 0 Å². The Morgan fingerprint density at radius 2 is 1.94 bits per heavy atom. The first-order valence-electron chi connectivity index (χ1n) is 6.50. The van der Waals surface area contributed by atoms with E-state index in [2.05, 4.69) is 32.0 Å². The lowest BCUT2D eigenvalue weighted by atomic mass is 9.88. The molecule has 1 aromatic carbocycles. The van der Waals surface area contributed by atoms with E-state index >= 15 is 0 Å². The minimum atomic E-state index is 0.296. The van der Waals surface area contributed by atoms with E-state index in [9.17, 15) is 0 Å². The van der Waals surface area contributed by atoms with Crippen molar-refractivity contribution in [3.05, 3.63) is 34.9 Å². The van der Waals surface area contributed by atoms with Gasteiger partial charge in [0, 0.05) is 11.5 Å². The Labute approximate surface area is 98.0 Å². The van der Waals surface area contributed by atoms with Gasteiger partial charge in [0.1, 0.15) is 0 Å². The van der Waals surface area contributed by atoms with E-state index in [1.807, 2.05) is 0 Å². The van der Waals surface area contributed by atoms with E-state index in [0.717, 1.165) is 5.92 Å². The highest BCUT2D eigenvalue weighted by Crippen LogP contribution is 2.51. The van der Waals surface area contributed by atoms with Crippen LogP contribution in [0.15, 0.2) is 18.2 Å². The zero-order valence-electron chi connectivity index (χ0n) is 10.3. The van der Waals surface area contributed by atoms with E-state index in [1.54, 1.807) is 11.1 Å². The third kappa shape index (κ3) is 1.41. The Morgan fingerprint density at radius 3 is 2.56 bits per heavy atom. The molecule has 2 atom stereocenters. The van der Waals surface area contributed by atoms with Crippen molar-refractivity contribution in [3.63, 3.8) is 0 Å². The molecule has 0 aromatic heterocycles. The molecule has 2 aliphatic carbocycles. The fourth-order valence-corrected chi connectivity index (χ4v) is 3.29. The summed E-state index contributed by atoms with van der Waals surface area (Å²) in [7, 11) is 0. The third-order valence-electron chi connectivity index (χ3n) is 4.58. The van der Waals surface area contributed by atoms with Crippen molar-refractivity contribution in [2.75, 3.05) is 0 Å². The second kappa shape index (κ2) is 3.33. The normalized spacial score (nSPS) is 27.6. The van der Waals surface area contributed by atoms with Crippen LogP contribution >= 0.6 is 0 Å². The van der Waals surface area contributed by atoms with Crippen LogP contribution in [0, 0.1) is 5.92 Å². The molecule has 2 N–H and O–H groups in total. The summed E-state index contributed by atoms with van der Waals surface area (Å²) in [4.78, 5) is 0. The Hall–Kier alpha value is -0.820. The Balaban J connectivity index is 1.97. The summed E-state index contributed by atoms with van der Waals surface area (Å²) < 4.78 is 0. The van der Waals surface area contributed by atoms with Crippen LogP contribution in [-0.2, 0) is 18.3 Å². The molecule has 0 radical (unpaired) electrons. The zero-order valence-corrected chi connectivity index (χ0v) is 10.3. The molecule has 1 nitrogen and oxygen atoms in total. The number of nitrogens with two attached hydrogens (primary N) is 1. The molecule has 0 bridgehead atoms. The second-order valence-electron chi connectivity index (χ2n) is 5.94. The van der Waals surface area contributed by atoms with E-state index in [1.165, 1.54) is 31.2 Å². The summed E-state index contributed by atoms with van der Waals surface area (Å²) >= 11 is 0. The van der Waals surface area contributed by atoms with Gasteiger partial charge in [-0.05, 0) is 55.2 Å². The molecule has 1 heteroatoms. The van der Waals surface area contributed by atoms with Gasteiger partial charge in [-0.15, -0.1) is 0 Å². The predicted molar refractivity (Wildman–Crippen MR) is 67.6 cm³/mol. The van der Waals surface area contributed by atoms with Gasteiger partial charge in [0.25, 0.3) is 0 Å². The summed E-state index contributed by atoms with van der Waals surface area (Å²) in [6, 6.07) is 7.41. The molecule has 0 spiro atoms. The van der Waals surface area contributed by atoms with Gasteiger partial charge in [0.05, 0.1) is 0 Å². The van der Waals surface area contributed by atoms with E-state index in [0.29, 0.717) is 11.5 Å². The molecule has 1 saturated carbocycles. The van der Waals surface area contributed by atoms with Gasteiger partial charge in [-0.1, -0.05) is 25.1 Å². The maximum Gasteiger partial charge on any atom is 0.0108 e. The first-order valence-corrected chi connectivity index (χ1v) is 6.50. The SMILES string of the molecule is CC1Cc2ccc(C3(C(C)N)CC3)cc2C1. The highest BCUT2D eigenvalue weighted by Gasteiger charge is 2.47. The van der Waals surface area contributed by atoms with Crippen LogP contribution in [-0.4, -0.2) is 6.04 Å². The molecule has 2 aliphatic rings. The molecule has 86 valence electrons. The van der Waals surface area contributed by atoms with Gasteiger partial charge < -0.3 is 5.73 Å². The van der Waals surface area contributed by atoms with Gasteiger partial charge in [0.2, 0.25) is 0 Å². The smallest absolute Gasteiger partial charge is 0.0108 e. The molecule has 0 heterocycles. The molecular formula is C15H21N. The van der Waals surface area contributed by atoms with Crippen LogP contribution in [0.2, 0.25) is 0 Å². The Kier molecular flexibility index (Phi) is 2.16. The average Bonchev–Trinajstić information content (AvgIpc) is 2.95.